The maximum absolute atomic E-state index is 11.2. The maximum Gasteiger partial charge on any atom is 0.221 e. The smallest absolute Gasteiger partial charge is 0.221 e. The van der Waals surface area contributed by atoms with E-state index in [2.05, 4.69) is 5.32 Å². The van der Waals surface area contributed by atoms with Gasteiger partial charge in [-0.25, -0.2) is 0 Å². The van der Waals surface area contributed by atoms with Gasteiger partial charge >= 0.3 is 0 Å². The lowest BCUT2D eigenvalue weighted by Crippen LogP contribution is -2.45. The number of carbonyl (C=O) groups is 1. The SMILES string of the molecule is NCCC(=O)NC1CCCCC1O. The summed E-state index contributed by atoms with van der Waals surface area (Å²) in [6, 6.07) is -0.0483. The highest BCUT2D eigenvalue weighted by atomic mass is 16.3. The molecule has 2 unspecified atom stereocenters. The van der Waals surface area contributed by atoms with E-state index in [1.165, 1.54) is 0 Å². The molecule has 1 saturated carbocycles. The first-order valence-electron chi connectivity index (χ1n) is 4.91. The molecule has 1 amide bonds. The van der Waals surface area contributed by atoms with Crippen LogP contribution in [-0.4, -0.2) is 29.7 Å². The molecule has 0 aromatic heterocycles. The van der Waals surface area contributed by atoms with Crippen LogP contribution in [0, 0.1) is 0 Å². The molecular formula is C9H18N2O2. The van der Waals surface area contributed by atoms with E-state index < -0.39 is 0 Å². The van der Waals surface area contributed by atoms with Crippen molar-refractivity contribution < 1.29 is 9.90 Å². The van der Waals surface area contributed by atoms with Gasteiger partial charge in [-0.05, 0) is 12.8 Å². The van der Waals surface area contributed by atoms with Crippen LogP contribution < -0.4 is 11.1 Å². The second-order valence-corrected chi connectivity index (χ2v) is 3.56. The van der Waals surface area contributed by atoms with Crippen molar-refractivity contribution in [3.63, 3.8) is 0 Å². The van der Waals surface area contributed by atoms with E-state index in [-0.39, 0.29) is 18.1 Å². The van der Waals surface area contributed by atoms with E-state index in [4.69, 9.17) is 5.73 Å². The maximum atomic E-state index is 11.2. The van der Waals surface area contributed by atoms with E-state index in [1.54, 1.807) is 0 Å². The summed E-state index contributed by atoms with van der Waals surface area (Å²) in [6.07, 6.45) is 3.82. The van der Waals surface area contributed by atoms with E-state index in [9.17, 15) is 9.90 Å². The number of hydrogen-bond donors (Lipinski definition) is 3. The van der Waals surface area contributed by atoms with Crippen LogP contribution in [0.3, 0.4) is 0 Å². The van der Waals surface area contributed by atoms with Gasteiger partial charge in [-0.3, -0.25) is 4.79 Å². The Balaban J connectivity index is 2.29. The highest BCUT2D eigenvalue weighted by Crippen LogP contribution is 2.18. The summed E-state index contributed by atoms with van der Waals surface area (Å²) in [5.41, 5.74) is 5.25. The van der Waals surface area contributed by atoms with Crippen LogP contribution in [0.25, 0.3) is 0 Å². The van der Waals surface area contributed by atoms with Crippen molar-refractivity contribution in [2.75, 3.05) is 6.54 Å². The van der Waals surface area contributed by atoms with Gasteiger partial charge in [-0.1, -0.05) is 12.8 Å². The number of rotatable bonds is 3. The predicted molar refractivity (Wildman–Crippen MR) is 50.1 cm³/mol. The summed E-state index contributed by atoms with van der Waals surface area (Å²) in [4.78, 5) is 11.2. The first-order chi connectivity index (χ1) is 6.24. The molecular weight excluding hydrogens is 168 g/mol. The van der Waals surface area contributed by atoms with Crippen molar-refractivity contribution in [1.29, 1.82) is 0 Å². The topological polar surface area (TPSA) is 75.4 Å². The van der Waals surface area contributed by atoms with E-state index in [0.717, 1.165) is 25.7 Å². The lowest BCUT2D eigenvalue weighted by Gasteiger charge is -2.28. The van der Waals surface area contributed by atoms with Crippen molar-refractivity contribution in [2.45, 2.75) is 44.2 Å². The van der Waals surface area contributed by atoms with E-state index in [1.807, 2.05) is 0 Å². The van der Waals surface area contributed by atoms with Crippen LogP contribution in [0.5, 0.6) is 0 Å². The molecule has 0 aromatic carbocycles. The summed E-state index contributed by atoms with van der Waals surface area (Å²) in [5, 5.41) is 12.3. The highest BCUT2D eigenvalue weighted by molar-refractivity contribution is 5.76. The van der Waals surface area contributed by atoms with Crippen molar-refractivity contribution in [3.8, 4) is 0 Å². The average Bonchev–Trinajstić information content (AvgIpc) is 2.09. The second-order valence-electron chi connectivity index (χ2n) is 3.56. The third-order valence-electron chi connectivity index (χ3n) is 2.45. The number of aliphatic hydroxyl groups excluding tert-OH is 1. The van der Waals surface area contributed by atoms with Gasteiger partial charge < -0.3 is 16.2 Å². The largest absolute Gasteiger partial charge is 0.391 e. The molecule has 2 atom stereocenters. The van der Waals surface area contributed by atoms with Crippen molar-refractivity contribution in [2.24, 2.45) is 5.73 Å². The molecule has 0 aromatic rings. The Morgan fingerprint density at radius 1 is 1.46 bits per heavy atom. The second kappa shape index (κ2) is 5.19. The molecule has 0 saturated heterocycles. The van der Waals surface area contributed by atoms with Crippen molar-refractivity contribution in [1.82, 2.24) is 5.32 Å². The number of amides is 1. The van der Waals surface area contributed by atoms with Crippen LogP contribution >= 0.6 is 0 Å². The standard InChI is InChI=1S/C9H18N2O2/c10-6-5-9(13)11-7-3-1-2-4-8(7)12/h7-8,12H,1-6,10H2,(H,11,13). The van der Waals surface area contributed by atoms with Gasteiger partial charge in [0.25, 0.3) is 0 Å². The monoisotopic (exact) mass is 186 g/mol. The van der Waals surface area contributed by atoms with Gasteiger partial charge in [-0.15, -0.1) is 0 Å². The first kappa shape index (κ1) is 10.5. The lowest BCUT2D eigenvalue weighted by molar-refractivity contribution is -0.122. The minimum Gasteiger partial charge on any atom is -0.391 e. The zero-order chi connectivity index (χ0) is 9.68. The third kappa shape index (κ3) is 3.32. The molecule has 0 aliphatic heterocycles. The Hall–Kier alpha value is -0.610. The number of hydrogen-bond acceptors (Lipinski definition) is 3. The molecule has 13 heavy (non-hydrogen) atoms. The Kier molecular flexibility index (Phi) is 4.18. The Morgan fingerprint density at radius 3 is 2.77 bits per heavy atom. The molecule has 4 heteroatoms. The van der Waals surface area contributed by atoms with Gasteiger partial charge in [0.05, 0.1) is 12.1 Å². The predicted octanol–water partition coefficient (Wildman–Crippen LogP) is -0.245. The Labute approximate surface area is 78.5 Å². The van der Waals surface area contributed by atoms with Gasteiger partial charge in [-0.2, -0.15) is 0 Å². The number of aliphatic hydroxyl groups is 1. The van der Waals surface area contributed by atoms with Crippen molar-refractivity contribution in [3.05, 3.63) is 0 Å². The molecule has 1 rings (SSSR count). The summed E-state index contributed by atoms with van der Waals surface area (Å²) in [6.45, 7) is 0.370. The summed E-state index contributed by atoms with van der Waals surface area (Å²) >= 11 is 0. The molecule has 4 N–H and O–H groups in total. The van der Waals surface area contributed by atoms with Crippen LogP contribution in [0.4, 0.5) is 0 Å². The highest BCUT2D eigenvalue weighted by Gasteiger charge is 2.23. The molecule has 0 spiro atoms. The van der Waals surface area contributed by atoms with E-state index >= 15 is 0 Å². The third-order valence-corrected chi connectivity index (χ3v) is 2.45. The quantitative estimate of drug-likeness (QED) is 0.569. The lowest BCUT2D eigenvalue weighted by atomic mass is 9.92. The van der Waals surface area contributed by atoms with Gasteiger partial charge in [0.2, 0.25) is 5.91 Å². The first-order valence-corrected chi connectivity index (χ1v) is 4.91. The fraction of sp³-hybridized carbons (Fsp3) is 0.889. The average molecular weight is 186 g/mol. The van der Waals surface area contributed by atoms with Crippen LogP contribution in [0.2, 0.25) is 0 Å². The Morgan fingerprint density at radius 2 is 2.15 bits per heavy atom. The fourth-order valence-electron chi connectivity index (χ4n) is 1.69. The summed E-state index contributed by atoms with van der Waals surface area (Å²) < 4.78 is 0. The molecule has 0 radical (unpaired) electrons. The number of nitrogens with one attached hydrogen (secondary N) is 1. The van der Waals surface area contributed by atoms with Gasteiger partial charge in [0.15, 0.2) is 0 Å². The van der Waals surface area contributed by atoms with Crippen LogP contribution in [-0.2, 0) is 4.79 Å². The van der Waals surface area contributed by atoms with Crippen LogP contribution in [0.15, 0.2) is 0 Å². The zero-order valence-corrected chi connectivity index (χ0v) is 7.83. The normalized spacial score (nSPS) is 28.5. The molecule has 4 nitrogen and oxygen atoms in total. The summed E-state index contributed by atoms with van der Waals surface area (Å²) in [5.74, 6) is -0.0477. The molecule has 1 fully saturated rings. The molecule has 1 aliphatic rings. The fourth-order valence-corrected chi connectivity index (χ4v) is 1.69. The summed E-state index contributed by atoms with van der Waals surface area (Å²) in [7, 11) is 0. The van der Waals surface area contributed by atoms with E-state index in [0.29, 0.717) is 13.0 Å². The number of nitrogens with two attached hydrogens (primary N) is 1. The molecule has 0 bridgehead atoms. The molecule has 1 aliphatic carbocycles. The van der Waals surface area contributed by atoms with Gasteiger partial charge in [0.1, 0.15) is 0 Å². The van der Waals surface area contributed by atoms with Crippen molar-refractivity contribution >= 4 is 5.91 Å². The van der Waals surface area contributed by atoms with Gasteiger partial charge in [0, 0.05) is 13.0 Å². The van der Waals surface area contributed by atoms with Crippen LogP contribution in [0.1, 0.15) is 32.1 Å². The number of carbonyl (C=O) groups excluding carboxylic acids is 1. The zero-order valence-electron chi connectivity index (χ0n) is 7.83. The molecule has 0 heterocycles. The molecule has 76 valence electrons. The minimum absolute atomic E-state index is 0.0477. The minimum atomic E-state index is -0.365. The Bertz CT molecular complexity index is 173.